The predicted molar refractivity (Wildman–Crippen MR) is 69.7 cm³/mol. The predicted octanol–water partition coefficient (Wildman–Crippen LogP) is 2.38. The summed E-state index contributed by atoms with van der Waals surface area (Å²) in [5.74, 6) is 0.624. The number of benzene rings is 1. The van der Waals surface area contributed by atoms with Gasteiger partial charge in [-0.2, -0.15) is 0 Å². The van der Waals surface area contributed by atoms with Crippen LogP contribution in [0.25, 0.3) is 22.6 Å². The third-order valence-corrected chi connectivity index (χ3v) is 2.88. The molecule has 0 fully saturated rings. The molecule has 0 aliphatic rings. The zero-order valence-electron chi connectivity index (χ0n) is 10.1. The molecular weight excluding hydrogens is 226 g/mol. The fourth-order valence-corrected chi connectivity index (χ4v) is 1.91. The zero-order chi connectivity index (χ0) is 12.5. The van der Waals surface area contributed by atoms with Crippen LogP contribution in [0.3, 0.4) is 0 Å². The number of pyridine rings is 1. The fraction of sp³-hybridized carbons (Fsp3) is 0.143. The standard InChI is InChI=1S/C14H14N3O/c1-2-17-7-3-4-10(9-17)14-16-12-8-11(15)5-6-13(12)18-14/h3-9H,2,15H2,1H3/q+1. The molecule has 0 bridgehead atoms. The van der Waals surface area contributed by atoms with Gasteiger partial charge in [0.2, 0.25) is 5.89 Å². The van der Waals surface area contributed by atoms with Crippen LogP contribution >= 0.6 is 0 Å². The highest BCUT2D eigenvalue weighted by Crippen LogP contribution is 2.24. The lowest BCUT2D eigenvalue weighted by Crippen LogP contribution is -2.30. The van der Waals surface area contributed by atoms with Gasteiger partial charge in [0.1, 0.15) is 17.6 Å². The third kappa shape index (κ3) is 1.82. The second-order valence-electron chi connectivity index (χ2n) is 4.17. The molecule has 18 heavy (non-hydrogen) atoms. The normalized spacial score (nSPS) is 10.9. The molecule has 2 N–H and O–H groups in total. The Bertz CT molecular complexity index is 703. The molecule has 3 aromatic rings. The molecule has 0 spiro atoms. The Balaban J connectivity index is 2.13. The number of rotatable bonds is 2. The van der Waals surface area contributed by atoms with E-state index in [-0.39, 0.29) is 0 Å². The summed E-state index contributed by atoms with van der Waals surface area (Å²) in [4.78, 5) is 4.46. The van der Waals surface area contributed by atoms with E-state index in [4.69, 9.17) is 10.2 Å². The van der Waals surface area contributed by atoms with Gasteiger partial charge in [0.15, 0.2) is 18.0 Å². The maximum atomic E-state index is 5.73. The monoisotopic (exact) mass is 240 g/mol. The van der Waals surface area contributed by atoms with Gasteiger partial charge in [0.25, 0.3) is 0 Å². The summed E-state index contributed by atoms with van der Waals surface area (Å²) in [5, 5.41) is 0. The van der Waals surface area contributed by atoms with E-state index in [1.807, 2.05) is 42.7 Å². The number of nitrogen functional groups attached to an aromatic ring is 1. The SMILES string of the molecule is CC[n+]1cccc(-c2nc3cc(N)ccc3o2)c1. The van der Waals surface area contributed by atoms with Gasteiger partial charge in [-0.1, -0.05) is 0 Å². The van der Waals surface area contributed by atoms with Crippen molar-refractivity contribution in [2.75, 3.05) is 5.73 Å². The van der Waals surface area contributed by atoms with E-state index in [0.29, 0.717) is 11.6 Å². The van der Waals surface area contributed by atoms with Crippen LogP contribution in [0.1, 0.15) is 6.92 Å². The number of anilines is 1. The van der Waals surface area contributed by atoms with E-state index >= 15 is 0 Å². The zero-order valence-corrected chi connectivity index (χ0v) is 10.1. The van der Waals surface area contributed by atoms with Crippen LogP contribution in [0.4, 0.5) is 5.69 Å². The first-order chi connectivity index (χ1) is 8.76. The summed E-state index contributed by atoms with van der Waals surface area (Å²) in [6, 6.07) is 9.45. The highest BCUT2D eigenvalue weighted by atomic mass is 16.3. The van der Waals surface area contributed by atoms with E-state index in [0.717, 1.165) is 23.2 Å². The Morgan fingerprint density at radius 1 is 1.33 bits per heavy atom. The first-order valence-corrected chi connectivity index (χ1v) is 5.92. The van der Waals surface area contributed by atoms with Gasteiger partial charge in [-0.15, -0.1) is 0 Å². The summed E-state index contributed by atoms with van der Waals surface area (Å²) in [7, 11) is 0. The molecule has 4 nitrogen and oxygen atoms in total. The Morgan fingerprint density at radius 2 is 2.22 bits per heavy atom. The van der Waals surface area contributed by atoms with Crippen molar-refractivity contribution in [3.63, 3.8) is 0 Å². The molecule has 3 rings (SSSR count). The molecule has 2 heterocycles. The number of aromatic nitrogens is 2. The quantitative estimate of drug-likeness (QED) is 0.552. The molecule has 0 saturated carbocycles. The summed E-state index contributed by atoms with van der Waals surface area (Å²) in [6.45, 7) is 3.01. The lowest BCUT2D eigenvalue weighted by Gasteiger charge is -1.94. The second-order valence-corrected chi connectivity index (χ2v) is 4.17. The minimum absolute atomic E-state index is 0.624. The molecule has 0 amide bonds. The van der Waals surface area contributed by atoms with Crippen LogP contribution in [-0.2, 0) is 6.54 Å². The topological polar surface area (TPSA) is 55.9 Å². The minimum Gasteiger partial charge on any atom is -0.436 e. The summed E-state index contributed by atoms with van der Waals surface area (Å²) in [6.07, 6.45) is 4.04. The van der Waals surface area contributed by atoms with Gasteiger partial charge in [0, 0.05) is 11.8 Å². The number of hydrogen-bond acceptors (Lipinski definition) is 3. The number of hydrogen-bond donors (Lipinski definition) is 1. The molecule has 0 atom stereocenters. The van der Waals surface area contributed by atoms with Gasteiger partial charge in [0.05, 0.1) is 0 Å². The van der Waals surface area contributed by atoms with Crippen molar-refractivity contribution in [2.45, 2.75) is 13.5 Å². The number of oxazole rings is 1. The summed E-state index contributed by atoms with van der Waals surface area (Å²) < 4.78 is 7.81. The van der Waals surface area contributed by atoms with Crippen molar-refractivity contribution in [1.29, 1.82) is 0 Å². The van der Waals surface area contributed by atoms with Crippen LogP contribution in [0.15, 0.2) is 47.1 Å². The molecule has 4 heteroatoms. The summed E-state index contributed by atoms with van der Waals surface area (Å²) in [5.41, 5.74) is 8.94. The van der Waals surface area contributed by atoms with Crippen LogP contribution < -0.4 is 10.3 Å². The lowest BCUT2D eigenvalue weighted by molar-refractivity contribution is -0.693. The average molecular weight is 240 g/mol. The number of aryl methyl sites for hydroxylation is 1. The van der Waals surface area contributed by atoms with E-state index < -0.39 is 0 Å². The molecule has 0 aliphatic carbocycles. The van der Waals surface area contributed by atoms with Crippen LogP contribution in [0, 0.1) is 0 Å². The van der Waals surface area contributed by atoms with Crippen LogP contribution in [-0.4, -0.2) is 4.98 Å². The second kappa shape index (κ2) is 4.14. The highest BCUT2D eigenvalue weighted by molar-refractivity contribution is 5.79. The molecule has 0 radical (unpaired) electrons. The fourth-order valence-electron chi connectivity index (χ4n) is 1.91. The van der Waals surface area contributed by atoms with Gasteiger partial charge < -0.3 is 10.2 Å². The van der Waals surface area contributed by atoms with E-state index in [1.165, 1.54) is 0 Å². The first-order valence-electron chi connectivity index (χ1n) is 5.92. The molecule has 0 aliphatic heterocycles. The van der Waals surface area contributed by atoms with Crippen LogP contribution in [0.5, 0.6) is 0 Å². The number of nitrogens with zero attached hydrogens (tertiary/aromatic N) is 2. The number of nitrogens with two attached hydrogens (primary N) is 1. The van der Waals surface area contributed by atoms with Crippen molar-refractivity contribution in [2.24, 2.45) is 0 Å². The highest BCUT2D eigenvalue weighted by Gasteiger charge is 2.11. The molecule has 0 unspecified atom stereocenters. The van der Waals surface area contributed by atoms with E-state index in [2.05, 4.69) is 16.5 Å². The summed E-state index contributed by atoms with van der Waals surface area (Å²) >= 11 is 0. The van der Waals surface area contributed by atoms with E-state index in [9.17, 15) is 0 Å². The molecule has 1 aromatic carbocycles. The molecular formula is C14H14N3O+. The van der Waals surface area contributed by atoms with Gasteiger partial charge in [-0.05, 0) is 31.2 Å². The maximum Gasteiger partial charge on any atom is 0.233 e. The van der Waals surface area contributed by atoms with Crippen molar-refractivity contribution >= 4 is 16.8 Å². The molecule has 2 aromatic heterocycles. The maximum absolute atomic E-state index is 5.73. The van der Waals surface area contributed by atoms with E-state index in [1.54, 1.807) is 0 Å². The molecule has 90 valence electrons. The van der Waals surface area contributed by atoms with Gasteiger partial charge in [-0.25, -0.2) is 9.55 Å². The van der Waals surface area contributed by atoms with Crippen molar-refractivity contribution in [1.82, 2.24) is 4.98 Å². The third-order valence-electron chi connectivity index (χ3n) is 2.88. The van der Waals surface area contributed by atoms with Crippen molar-refractivity contribution < 1.29 is 8.98 Å². The van der Waals surface area contributed by atoms with Gasteiger partial charge >= 0.3 is 0 Å². The largest absolute Gasteiger partial charge is 0.436 e. The smallest absolute Gasteiger partial charge is 0.233 e. The van der Waals surface area contributed by atoms with Gasteiger partial charge in [-0.3, -0.25) is 0 Å². The Kier molecular flexibility index (Phi) is 2.48. The first kappa shape index (κ1) is 10.8. The van der Waals surface area contributed by atoms with Crippen LogP contribution in [0.2, 0.25) is 0 Å². The Morgan fingerprint density at radius 3 is 3.06 bits per heavy atom. The Labute approximate surface area is 105 Å². The Hall–Kier alpha value is -2.36. The average Bonchev–Trinajstić information content (AvgIpc) is 2.81. The lowest BCUT2D eigenvalue weighted by atomic mass is 10.3. The number of fused-ring (bicyclic) bond motifs is 1. The van der Waals surface area contributed by atoms with Crippen molar-refractivity contribution in [3.8, 4) is 11.5 Å². The van der Waals surface area contributed by atoms with Crippen molar-refractivity contribution in [3.05, 3.63) is 42.7 Å². The molecule has 0 saturated heterocycles. The minimum atomic E-state index is 0.624.